The number of carbonyl (C=O) groups excluding carboxylic acids is 2. The van der Waals surface area contributed by atoms with E-state index >= 15 is 0 Å². The summed E-state index contributed by atoms with van der Waals surface area (Å²) in [7, 11) is 0. The van der Waals surface area contributed by atoms with Crippen molar-refractivity contribution in [1.29, 1.82) is 0 Å². The van der Waals surface area contributed by atoms with Gasteiger partial charge < -0.3 is 9.74 Å². The summed E-state index contributed by atoms with van der Waals surface area (Å²) in [5.74, 6) is 0.204. The molecule has 1 aromatic rings. The number of benzene rings is 1. The second-order valence-corrected chi connectivity index (χ2v) is 8.42. The van der Waals surface area contributed by atoms with Gasteiger partial charge in [0, 0.05) is 47.8 Å². The van der Waals surface area contributed by atoms with E-state index in [9.17, 15) is 9.59 Å². The molecule has 33 heavy (non-hydrogen) atoms. The summed E-state index contributed by atoms with van der Waals surface area (Å²) in [5.41, 5.74) is 6.62. The summed E-state index contributed by atoms with van der Waals surface area (Å²) in [4.78, 5) is 31.7. The third kappa shape index (κ3) is 5.36. The van der Waals surface area contributed by atoms with E-state index in [1.807, 2.05) is 44.2 Å². The second-order valence-electron chi connectivity index (χ2n) is 8.04. The van der Waals surface area contributed by atoms with Gasteiger partial charge in [-0.3, -0.25) is 4.79 Å². The van der Waals surface area contributed by atoms with Crippen LogP contribution in [-0.4, -0.2) is 29.9 Å². The van der Waals surface area contributed by atoms with Crippen LogP contribution in [0.15, 0.2) is 70.6 Å². The van der Waals surface area contributed by atoms with Crippen LogP contribution in [0, 0.1) is 0 Å². The Balaban J connectivity index is 1.99. The molecule has 0 fully saturated rings. The van der Waals surface area contributed by atoms with Crippen LogP contribution in [0.1, 0.15) is 64.0 Å². The number of nitrogens with zero attached hydrogens (tertiary/aromatic N) is 2. The van der Waals surface area contributed by atoms with Crippen molar-refractivity contribution in [2.45, 2.75) is 52.9 Å². The highest BCUT2D eigenvalue weighted by atomic mass is 35.5. The van der Waals surface area contributed by atoms with E-state index in [2.05, 4.69) is 35.2 Å². The molecule has 5 nitrogen and oxygen atoms in total. The molecule has 1 heterocycles. The molecule has 1 unspecified atom stereocenters. The summed E-state index contributed by atoms with van der Waals surface area (Å²) >= 11 is 5.90. The molecule has 0 bridgehead atoms. The zero-order chi connectivity index (χ0) is 24.0. The number of allylic oxidation sites excluding steroid dienone is 8. The van der Waals surface area contributed by atoms with Crippen LogP contribution in [0.2, 0.25) is 0 Å². The Morgan fingerprint density at radius 1 is 1.27 bits per heavy atom. The molecule has 2 aliphatic rings. The normalized spacial score (nSPS) is 18.1. The number of Topliss-reactive ketones (excluding diaryl/α,β-unsaturated/α-hetero) is 1. The second kappa shape index (κ2) is 11.3. The number of oxime groups is 1. The van der Waals surface area contributed by atoms with Crippen LogP contribution in [0.25, 0.3) is 0 Å². The van der Waals surface area contributed by atoms with E-state index in [1.165, 1.54) is 12.6 Å². The first-order chi connectivity index (χ1) is 15.9. The zero-order valence-electron chi connectivity index (χ0n) is 19.7. The smallest absolute Gasteiger partial charge is 0.331 e. The molecular formula is C27H31ClN2O3. The number of anilines is 1. The van der Waals surface area contributed by atoms with E-state index in [1.54, 1.807) is 0 Å². The number of fused-ring (bicyclic) bond motifs is 3. The Morgan fingerprint density at radius 2 is 2.06 bits per heavy atom. The standard InChI is InChI=1S/C27H31ClN2O3/c1-5-9-19(6-2)27(32)21-12-14-26-23(17-21)22-16-20(11-13-25(22)30(26)7-3)24(10-8-15-28)29-33-18(4)31/h5-6,9,11-14,16,23H,7-8,10,15,17H2,1-4H3/b9-5-,19-6-,29-24+. The summed E-state index contributed by atoms with van der Waals surface area (Å²) in [6.07, 6.45) is 11.6. The monoisotopic (exact) mass is 466 g/mol. The summed E-state index contributed by atoms with van der Waals surface area (Å²) in [6.45, 7) is 8.10. The molecule has 0 amide bonds. The maximum Gasteiger partial charge on any atom is 0.331 e. The summed E-state index contributed by atoms with van der Waals surface area (Å²) < 4.78 is 0. The highest BCUT2D eigenvalue weighted by Crippen LogP contribution is 2.48. The maximum atomic E-state index is 13.1. The topological polar surface area (TPSA) is 59.0 Å². The van der Waals surface area contributed by atoms with Gasteiger partial charge in [-0.1, -0.05) is 35.5 Å². The van der Waals surface area contributed by atoms with Gasteiger partial charge in [0.1, 0.15) is 0 Å². The molecule has 174 valence electrons. The fourth-order valence-electron chi connectivity index (χ4n) is 4.43. The van der Waals surface area contributed by atoms with Crippen molar-refractivity contribution in [3.05, 3.63) is 76.5 Å². The average Bonchev–Trinajstić information content (AvgIpc) is 3.14. The van der Waals surface area contributed by atoms with Crippen molar-refractivity contribution in [2.24, 2.45) is 5.16 Å². The first kappa shape index (κ1) is 24.7. The molecule has 1 aliphatic carbocycles. The summed E-state index contributed by atoms with van der Waals surface area (Å²) in [5, 5.41) is 4.10. The van der Waals surface area contributed by atoms with Gasteiger partial charge >= 0.3 is 5.97 Å². The van der Waals surface area contributed by atoms with E-state index in [0.29, 0.717) is 30.0 Å². The largest absolute Gasteiger partial charge is 0.345 e. The van der Waals surface area contributed by atoms with Gasteiger partial charge in [-0.2, -0.15) is 0 Å². The van der Waals surface area contributed by atoms with Crippen molar-refractivity contribution >= 4 is 34.8 Å². The molecule has 0 radical (unpaired) electrons. The minimum absolute atomic E-state index is 0.0674. The molecule has 3 rings (SSSR count). The molecule has 0 spiro atoms. The highest BCUT2D eigenvalue weighted by molar-refractivity contribution is 6.18. The van der Waals surface area contributed by atoms with Crippen LogP contribution < -0.4 is 4.90 Å². The lowest BCUT2D eigenvalue weighted by Crippen LogP contribution is -2.21. The van der Waals surface area contributed by atoms with Crippen LogP contribution >= 0.6 is 11.6 Å². The van der Waals surface area contributed by atoms with Gasteiger partial charge in [0.05, 0.1) is 5.71 Å². The lowest BCUT2D eigenvalue weighted by Gasteiger charge is -2.24. The Bertz CT molecular complexity index is 1080. The van der Waals surface area contributed by atoms with E-state index in [-0.39, 0.29) is 11.7 Å². The number of rotatable bonds is 9. The van der Waals surface area contributed by atoms with Crippen molar-refractivity contribution in [1.82, 2.24) is 0 Å². The molecule has 6 heteroatoms. The van der Waals surface area contributed by atoms with E-state index in [4.69, 9.17) is 16.4 Å². The highest BCUT2D eigenvalue weighted by Gasteiger charge is 2.36. The molecule has 0 N–H and O–H groups in total. The van der Waals surface area contributed by atoms with Gasteiger partial charge in [0.2, 0.25) is 0 Å². The van der Waals surface area contributed by atoms with Gasteiger partial charge in [-0.05, 0) is 69.4 Å². The molecule has 1 aliphatic heterocycles. The quantitative estimate of drug-likeness (QED) is 0.108. The number of carbonyl (C=O) groups is 2. The molecular weight excluding hydrogens is 436 g/mol. The number of hydrogen-bond donors (Lipinski definition) is 0. The average molecular weight is 467 g/mol. The maximum absolute atomic E-state index is 13.1. The number of alkyl halides is 1. The van der Waals surface area contributed by atoms with Gasteiger partial charge in [-0.15, -0.1) is 11.6 Å². The fourth-order valence-corrected chi connectivity index (χ4v) is 4.56. The minimum Gasteiger partial charge on any atom is -0.345 e. The van der Waals surface area contributed by atoms with Gasteiger partial charge in [0.15, 0.2) is 5.78 Å². The predicted octanol–water partition coefficient (Wildman–Crippen LogP) is 6.20. The third-order valence-corrected chi connectivity index (χ3v) is 6.20. The first-order valence-corrected chi connectivity index (χ1v) is 11.9. The summed E-state index contributed by atoms with van der Waals surface area (Å²) in [6, 6.07) is 6.23. The van der Waals surface area contributed by atoms with Crippen LogP contribution in [0.3, 0.4) is 0 Å². The Morgan fingerprint density at radius 3 is 2.70 bits per heavy atom. The Kier molecular flexibility index (Phi) is 8.45. The minimum atomic E-state index is -0.455. The first-order valence-electron chi connectivity index (χ1n) is 11.4. The van der Waals surface area contributed by atoms with Crippen molar-refractivity contribution < 1.29 is 14.4 Å². The SMILES string of the molecule is C/C=C\C(=C\C)C(=O)C1=CC=C2C(C1)c1cc(/C(CCCCl)=N/OC(C)=O)ccc1N2CC. The van der Waals surface area contributed by atoms with Crippen molar-refractivity contribution in [3.8, 4) is 0 Å². The van der Waals surface area contributed by atoms with Gasteiger partial charge in [0.25, 0.3) is 0 Å². The number of ketones is 1. The fraction of sp³-hybridized carbons (Fsp3) is 0.370. The number of likely N-dealkylation sites (N-methyl/N-ethyl adjacent to an activating group) is 1. The van der Waals surface area contributed by atoms with E-state index in [0.717, 1.165) is 35.4 Å². The van der Waals surface area contributed by atoms with Crippen molar-refractivity contribution in [2.75, 3.05) is 17.3 Å². The lowest BCUT2D eigenvalue weighted by atomic mass is 9.84. The molecule has 1 atom stereocenters. The number of hydrogen-bond acceptors (Lipinski definition) is 5. The molecule has 1 aromatic carbocycles. The van der Waals surface area contributed by atoms with Crippen LogP contribution in [0.5, 0.6) is 0 Å². The third-order valence-electron chi connectivity index (χ3n) is 5.93. The Hall–Kier alpha value is -2.92. The van der Waals surface area contributed by atoms with Crippen LogP contribution in [-0.2, 0) is 14.4 Å². The van der Waals surface area contributed by atoms with E-state index < -0.39 is 5.97 Å². The Labute approximate surface area is 201 Å². The molecule has 0 saturated carbocycles. The van der Waals surface area contributed by atoms with Crippen molar-refractivity contribution in [3.63, 3.8) is 0 Å². The van der Waals surface area contributed by atoms with Gasteiger partial charge in [-0.25, -0.2) is 4.79 Å². The zero-order valence-corrected chi connectivity index (χ0v) is 20.5. The lowest BCUT2D eigenvalue weighted by molar-refractivity contribution is -0.140. The van der Waals surface area contributed by atoms with Crippen LogP contribution in [0.4, 0.5) is 5.69 Å². The number of halogens is 1. The molecule has 0 saturated heterocycles. The predicted molar refractivity (Wildman–Crippen MR) is 135 cm³/mol. The molecule has 0 aromatic heterocycles.